The van der Waals surface area contributed by atoms with Crippen LogP contribution in [0.4, 0.5) is 0 Å². The van der Waals surface area contributed by atoms with E-state index in [1.54, 1.807) is 11.6 Å². The third-order valence-corrected chi connectivity index (χ3v) is 3.98. The maximum Gasteiger partial charge on any atom is 0.247 e. The molecule has 0 saturated carbocycles. The number of carbonyl (C=O) groups excluding carboxylic acids is 1. The number of nitrogens with zero attached hydrogens (tertiary/aromatic N) is 4. The van der Waals surface area contributed by atoms with Crippen LogP contribution in [0.25, 0.3) is 10.9 Å². The van der Waals surface area contributed by atoms with Gasteiger partial charge < -0.3 is 4.57 Å². The van der Waals surface area contributed by atoms with Crippen molar-refractivity contribution in [2.45, 2.75) is 32.9 Å². The van der Waals surface area contributed by atoms with Crippen molar-refractivity contribution in [3.05, 3.63) is 47.8 Å². The molecule has 2 aromatic rings. The van der Waals surface area contributed by atoms with Gasteiger partial charge in [0.2, 0.25) is 5.91 Å². The molecule has 0 spiro atoms. The summed E-state index contributed by atoms with van der Waals surface area (Å²) in [5.74, 6) is -0.462. The van der Waals surface area contributed by atoms with Gasteiger partial charge in [-0.05, 0) is 37.4 Å². The first-order valence-corrected chi connectivity index (χ1v) is 7.96. The fraction of sp³-hybridized carbons (Fsp3) is 0.353. The van der Waals surface area contributed by atoms with Gasteiger partial charge in [0.05, 0.1) is 18.8 Å². The van der Waals surface area contributed by atoms with Gasteiger partial charge in [-0.15, -0.1) is 5.11 Å². The van der Waals surface area contributed by atoms with Crippen LogP contribution in [0.2, 0.25) is 0 Å². The minimum absolute atomic E-state index is 0.0882. The first kappa shape index (κ1) is 16.2. The van der Waals surface area contributed by atoms with Crippen LogP contribution < -0.4 is 5.48 Å². The molecular weight excluding hydrogens is 306 g/mol. The van der Waals surface area contributed by atoms with Crippen molar-refractivity contribution >= 4 is 16.8 Å². The molecule has 0 atom stereocenters. The lowest BCUT2D eigenvalue weighted by Gasteiger charge is -2.18. The summed E-state index contributed by atoms with van der Waals surface area (Å²) in [5.41, 5.74) is 4.73. The average molecular weight is 327 g/mol. The Morgan fingerprint density at radius 3 is 2.96 bits per heavy atom. The molecule has 7 heteroatoms. The summed E-state index contributed by atoms with van der Waals surface area (Å²) in [7, 11) is 0. The van der Waals surface area contributed by atoms with Crippen LogP contribution >= 0.6 is 0 Å². The van der Waals surface area contributed by atoms with Gasteiger partial charge in [0.25, 0.3) is 0 Å². The second kappa shape index (κ2) is 6.84. The number of para-hydroxylation sites is 1. The lowest BCUT2D eigenvalue weighted by molar-refractivity contribution is -0.128. The van der Waals surface area contributed by atoms with Crippen molar-refractivity contribution in [3.63, 3.8) is 0 Å². The molecule has 0 aliphatic carbocycles. The molecule has 2 heterocycles. The molecule has 0 saturated heterocycles. The van der Waals surface area contributed by atoms with Crippen LogP contribution in [-0.4, -0.2) is 27.2 Å². The van der Waals surface area contributed by atoms with Crippen molar-refractivity contribution in [3.8, 4) is 0 Å². The highest BCUT2D eigenvalue weighted by molar-refractivity contribution is 5.81. The van der Waals surface area contributed by atoms with Crippen LogP contribution in [0.5, 0.6) is 0 Å². The monoisotopic (exact) mass is 327 g/mol. The number of hydrogen-bond donors (Lipinski definition) is 2. The molecule has 0 radical (unpaired) electrons. The number of fused-ring (bicyclic) bond motifs is 1. The van der Waals surface area contributed by atoms with Crippen molar-refractivity contribution < 1.29 is 10.0 Å². The molecule has 1 aliphatic heterocycles. The first-order chi connectivity index (χ1) is 11.6. The number of amides is 1. The van der Waals surface area contributed by atoms with Gasteiger partial charge in [-0.1, -0.05) is 23.4 Å². The zero-order valence-corrected chi connectivity index (χ0v) is 13.8. The molecule has 1 aliphatic rings. The van der Waals surface area contributed by atoms with Crippen LogP contribution in [0.3, 0.4) is 0 Å². The molecule has 1 aromatic heterocycles. The highest BCUT2D eigenvalue weighted by atomic mass is 16.5. The van der Waals surface area contributed by atoms with E-state index in [0.717, 1.165) is 5.70 Å². The minimum atomic E-state index is -0.462. The Morgan fingerprint density at radius 2 is 2.21 bits per heavy atom. The second-order valence-electron chi connectivity index (χ2n) is 6.10. The predicted octanol–water partition coefficient (Wildman–Crippen LogP) is 3.18. The fourth-order valence-corrected chi connectivity index (χ4v) is 2.97. The van der Waals surface area contributed by atoms with E-state index < -0.39 is 5.91 Å². The largest absolute Gasteiger partial charge is 0.340 e. The Morgan fingerprint density at radius 1 is 1.42 bits per heavy atom. The van der Waals surface area contributed by atoms with Gasteiger partial charge in [0.15, 0.2) is 0 Å². The molecule has 0 fully saturated rings. The summed E-state index contributed by atoms with van der Waals surface area (Å²) in [4.78, 5) is 11.1. The molecule has 24 heavy (non-hydrogen) atoms. The Bertz CT molecular complexity index is 806. The number of carbonyl (C=O) groups is 1. The quantitative estimate of drug-likeness (QED) is 0.653. The van der Waals surface area contributed by atoms with E-state index in [1.165, 1.54) is 16.6 Å². The summed E-state index contributed by atoms with van der Waals surface area (Å²) in [6.45, 7) is 5.54. The Balaban J connectivity index is 1.76. The molecule has 0 unspecified atom stereocenters. The molecule has 1 aromatic carbocycles. The lowest BCUT2D eigenvalue weighted by atomic mass is 10.2. The number of rotatable bonds is 5. The van der Waals surface area contributed by atoms with E-state index in [0.29, 0.717) is 19.1 Å². The van der Waals surface area contributed by atoms with Crippen LogP contribution in [0, 0.1) is 0 Å². The maximum atomic E-state index is 11.1. The van der Waals surface area contributed by atoms with Crippen LogP contribution in [0.1, 0.15) is 32.0 Å². The molecule has 0 bridgehead atoms. The SMILES string of the molecule is CC(C)n1c(CN2C/C(=C/CC(=O)NO)N=N2)cc2ccccc21. The van der Waals surface area contributed by atoms with Gasteiger partial charge >= 0.3 is 0 Å². The first-order valence-electron chi connectivity index (χ1n) is 7.96. The van der Waals surface area contributed by atoms with Crippen molar-refractivity contribution in [1.82, 2.24) is 15.1 Å². The van der Waals surface area contributed by atoms with E-state index >= 15 is 0 Å². The molecule has 1 amide bonds. The number of hydroxylamine groups is 1. The molecule has 7 nitrogen and oxygen atoms in total. The highest BCUT2D eigenvalue weighted by Crippen LogP contribution is 2.26. The third kappa shape index (κ3) is 3.30. The van der Waals surface area contributed by atoms with Gasteiger partial charge in [-0.25, -0.2) is 5.48 Å². The van der Waals surface area contributed by atoms with Crippen LogP contribution in [0.15, 0.2) is 52.4 Å². The standard InChI is InChI=1S/C17H21N5O2/c1-12(2)22-15(9-13-5-3-4-6-16(13)22)11-21-10-14(18-20-21)7-8-17(23)19-24/h3-7,9,12,24H,8,10-11H2,1-2H3,(H,19,23)/b14-7-. The average Bonchev–Trinajstić information content (AvgIpc) is 3.16. The third-order valence-electron chi connectivity index (χ3n) is 3.98. The molecule has 126 valence electrons. The van der Waals surface area contributed by atoms with E-state index in [2.05, 4.69) is 47.0 Å². The molecule has 2 N–H and O–H groups in total. The van der Waals surface area contributed by atoms with Gasteiger partial charge in [-0.3, -0.25) is 15.0 Å². The zero-order valence-electron chi connectivity index (χ0n) is 13.8. The van der Waals surface area contributed by atoms with Gasteiger partial charge in [0, 0.05) is 23.7 Å². The molecule has 3 rings (SSSR count). The summed E-state index contributed by atoms with van der Waals surface area (Å²) >= 11 is 0. The second-order valence-corrected chi connectivity index (χ2v) is 6.10. The van der Waals surface area contributed by atoms with Crippen LogP contribution in [-0.2, 0) is 11.3 Å². The summed E-state index contributed by atoms with van der Waals surface area (Å²) in [6.07, 6.45) is 1.76. The smallest absolute Gasteiger partial charge is 0.247 e. The van der Waals surface area contributed by atoms with Gasteiger partial charge in [0.1, 0.15) is 0 Å². The van der Waals surface area contributed by atoms with E-state index in [9.17, 15) is 4.79 Å². The minimum Gasteiger partial charge on any atom is -0.340 e. The van der Waals surface area contributed by atoms with Crippen molar-refractivity contribution in [1.29, 1.82) is 0 Å². The summed E-state index contributed by atoms with van der Waals surface area (Å²) < 4.78 is 2.31. The van der Waals surface area contributed by atoms with E-state index in [4.69, 9.17) is 5.21 Å². The Hall–Kier alpha value is -2.67. The summed E-state index contributed by atoms with van der Waals surface area (Å²) in [5, 5.41) is 19.9. The number of benzene rings is 1. The summed E-state index contributed by atoms with van der Waals surface area (Å²) in [6, 6.07) is 10.9. The predicted molar refractivity (Wildman–Crippen MR) is 90.2 cm³/mol. The Kier molecular flexibility index (Phi) is 4.61. The maximum absolute atomic E-state index is 11.1. The number of aromatic nitrogens is 1. The zero-order chi connectivity index (χ0) is 17.1. The number of hydrogen-bond acceptors (Lipinski definition) is 5. The lowest BCUT2D eigenvalue weighted by Crippen LogP contribution is -2.19. The normalized spacial score (nSPS) is 15.8. The van der Waals surface area contributed by atoms with E-state index in [1.807, 2.05) is 17.1 Å². The van der Waals surface area contributed by atoms with E-state index in [-0.39, 0.29) is 6.42 Å². The van der Waals surface area contributed by atoms with Gasteiger partial charge in [-0.2, -0.15) is 0 Å². The Labute approximate surface area is 140 Å². The van der Waals surface area contributed by atoms with Crippen molar-refractivity contribution in [2.75, 3.05) is 6.54 Å². The number of nitrogens with one attached hydrogen (secondary N) is 1. The van der Waals surface area contributed by atoms with Crippen molar-refractivity contribution in [2.24, 2.45) is 10.3 Å². The highest BCUT2D eigenvalue weighted by Gasteiger charge is 2.18. The topological polar surface area (TPSA) is 82.2 Å². The fourth-order valence-electron chi connectivity index (χ4n) is 2.97. The molecular formula is C17H21N5O2.